The fourth-order valence-electron chi connectivity index (χ4n) is 3.53. The van der Waals surface area contributed by atoms with Crippen molar-refractivity contribution in [2.75, 3.05) is 6.61 Å². The van der Waals surface area contributed by atoms with Gasteiger partial charge in [-0.05, 0) is 73.4 Å². The third kappa shape index (κ3) is 6.51. The van der Waals surface area contributed by atoms with Crippen LogP contribution in [0.2, 0.25) is 0 Å². The number of sulfone groups is 1. The van der Waals surface area contributed by atoms with Crippen molar-refractivity contribution >= 4 is 21.7 Å². The van der Waals surface area contributed by atoms with E-state index in [-0.39, 0.29) is 22.8 Å². The first kappa shape index (κ1) is 26.9. The van der Waals surface area contributed by atoms with Crippen LogP contribution >= 0.6 is 0 Å². The molecule has 0 aliphatic heterocycles. The Bertz CT molecular complexity index is 1350. The molecule has 0 unspecified atom stereocenters. The zero-order valence-corrected chi connectivity index (χ0v) is 20.3. The highest BCUT2D eigenvalue weighted by molar-refractivity contribution is 7.91. The van der Waals surface area contributed by atoms with E-state index in [9.17, 15) is 31.2 Å². The van der Waals surface area contributed by atoms with Crippen LogP contribution in [0.1, 0.15) is 29.8 Å². The van der Waals surface area contributed by atoms with Gasteiger partial charge in [-0.2, -0.15) is 13.2 Å². The molecule has 1 N–H and O–H groups in total. The van der Waals surface area contributed by atoms with Crippen molar-refractivity contribution in [2.24, 2.45) is 0 Å². The predicted molar refractivity (Wildman–Crippen MR) is 127 cm³/mol. The molecule has 1 amide bonds. The maximum atomic E-state index is 13.2. The van der Waals surface area contributed by atoms with E-state index >= 15 is 0 Å². The van der Waals surface area contributed by atoms with Crippen LogP contribution < -0.4 is 5.32 Å². The lowest BCUT2D eigenvalue weighted by Gasteiger charge is -2.15. The molecular weight excluding hydrogens is 495 g/mol. The second-order valence-corrected chi connectivity index (χ2v) is 10.0. The van der Waals surface area contributed by atoms with E-state index in [4.69, 9.17) is 4.74 Å². The van der Waals surface area contributed by atoms with Gasteiger partial charge >= 0.3 is 18.1 Å². The van der Waals surface area contributed by atoms with Gasteiger partial charge in [0.1, 0.15) is 0 Å². The number of carbonyl (C=O) groups excluding carboxylic acids is 2. The van der Waals surface area contributed by atoms with Crippen LogP contribution in [0.15, 0.2) is 82.6 Å². The number of alkyl halides is 3. The van der Waals surface area contributed by atoms with Crippen molar-refractivity contribution in [3.05, 3.63) is 83.9 Å². The summed E-state index contributed by atoms with van der Waals surface area (Å²) in [6, 6.07) is 17.9. The lowest BCUT2D eigenvalue weighted by atomic mass is 10.0. The summed E-state index contributed by atoms with van der Waals surface area (Å²) in [4.78, 5) is 23.2. The largest absolute Gasteiger partial charge is 0.471 e. The predicted octanol–water partition coefficient (Wildman–Crippen LogP) is 4.97. The second-order valence-electron chi connectivity index (χ2n) is 8.05. The van der Waals surface area contributed by atoms with Crippen LogP contribution in [0, 0.1) is 0 Å². The SMILES string of the molecule is CCOC(=O)c1cccc(-c2cccc(S(=O)(=O)c3ccc(C[C@@H](C)NC(=O)C(F)(F)F)cc3)c2)c1. The van der Waals surface area contributed by atoms with E-state index in [1.54, 1.807) is 43.3 Å². The molecule has 0 fully saturated rings. The van der Waals surface area contributed by atoms with Crippen molar-refractivity contribution in [2.45, 2.75) is 42.3 Å². The summed E-state index contributed by atoms with van der Waals surface area (Å²) in [5.74, 6) is -2.50. The molecule has 3 aromatic carbocycles. The van der Waals surface area contributed by atoms with Gasteiger partial charge in [-0.3, -0.25) is 4.79 Å². The number of esters is 1. The average Bonchev–Trinajstić information content (AvgIpc) is 2.84. The van der Waals surface area contributed by atoms with Gasteiger partial charge in [0.15, 0.2) is 0 Å². The molecule has 1 atom stereocenters. The summed E-state index contributed by atoms with van der Waals surface area (Å²) in [7, 11) is -3.90. The zero-order chi connectivity index (χ0) is 26.5. The average molecular weight is 520 g/mol. The van der Waals surface area contributed by atoms with Gasteiger partial charge < -0.3 is 10.1 Å². The summed E-state index contributed by atoms with van der Waals surface area (Å²) in [5, 5.41) is 1.87. The van der Waals surface area contributed by atoms with Crippen molar-refractivity contribution in [3.8, 4) is 11.1 Å². The third-order valence-corrected chi connectivity index (χ3v) is 7.03. The minimum absolute atomic E-state index is 0.00987. The minimum atomic E-state index is -4.97. The number of carbonyl (C=O) groups is 2. The lowest BCUT2D eigenvalue weighted by molar-refractivity contribution is -0.174. The number of ether oxygens (including phenoxy) is 1. The van der Waals surface area contributed by atoms with Crippen LogP contribution in [-0.2, 0) is 25.8 Å². The first-order valence-corrected chi connectivity index (χ1v) is 12.5. The molecule has 36 heavy (non-hydrogen) atoms. The molecule has 0 saturated heterocycles. The Hall–Kier alpha value is -3.66. The Kier molecular flexibility index (Phi) is 8.19. The van der Waals surface area contributed by atoms with Gasteiger partial charge in [0.25, 0.3) is 0 Å². The molecule has 3 rings (SSSR count). The Morgan fingerprint density at radius 1 is 0.917 bits per heavy atom. The highest BCUT2D eigenvalue weighted by atomic mass is 32.2. The molecule has 0 radical (unpaired) electrons. The number of rotatable bonds is 8. The Morgan fingerprint density at radius 2 is 1.53 bits per heavy atom. The van der Waals surface area contributed by atoms with E-state index in [1.807, 2.05) is 5.32 Å². The van der Waals surface area contributed by atoms with Gasteiger partial charge in [0.05, 0.1) is 22.0 Å². The molecule has 0 aliphatic carbocycles. The smallest absolute Gasteiger partial charge is 0.462 e. The van der Waals surface area contributed by atoms with E-state index < -0.39 is 33.9 Å². The van der Waals surface area contributed by atoms with Crippen molar-refractivity contribution in [1.82, 2.24) is 5.32 Å². The fraction of sp³-hybridized carbons (Fsp3) is 0.231. The standard InChI is InChI=1S/C26H24F3NO5S/c1-3-35-24(31)21-8-4-6-19(15-21)20-7-5-9-23(16-20)36(33,34)22-12-10-18(11-13-22)14-17(2)30-25(32)26(27,28)29/h4-13,15-17H,3,14H2,1-2H3,(H,30,32)/t17-/m1/s1. The van der Waals surface area contributed by atoms with Crippen LogP contribution in [0.3, 0.4) is 0 Å². The summed E-state index contributed by atoms with van der Waals surface area (Å²) in [5.41, 5.74) is 2.14. The Labute approximate surface area is 207 Å². The number of hydrogen-bond acceptors (Lipinski definition) is 5. The molecule has 0 aromatic heterocycles. The van der Waals surface area contributed by atoms with Crippen LogP contribution in [0.5, 0.6) is 0 Å². The number of hydrogen-bond donors (Lipinski definition) is 1. The van der Waals surface area contributed by atoms with Gasteiger partial charge in [0, 0.05) is 6.04 Å². The maximum absolute atomic E-state index is 13.2. The number of amides is 1. The number of nitrogens with one attached hydrogen (secondary N) is 1. The molecule has 190 valence electrons. The van der Waals surface area contributed by atoms with Crippen LogP contribution in [0.25, 0.3) is 11.1 Å². The van der Waals surface area contributed by atoms with Crippen molar-refractivity contribution < 1.29 is 35.9 Å². The Morgan fingerprint density at radius 3 is 2.14 bits per heavy atom. The molecule has 0 saturated carbocycles. The van der Waals surface area contributed by atoms with Crippen LogP contribution in [0.4, 0.5) is 13.2 Å². The summed E-state index contributed by atoms with van der Waals surface area (Å²) in [6.45, 7) is 3.36. The van der Waals surface area contributed by atoms with Crippen molar-refractivity contribution in [3.63, 3.8) is 0 Å². The normalized spacial score (nSPS) is 12.6. The monoisotopic (exact) mass is 519 g/mol. The van der Waals surface area contributed by atoms with Crippen LogP contribution in [-0.4, -0.2) is 39.1 Å². The summed E-state index contributed by atoms with van der Waals surface area (Å²) in [6.07, 6.45) is -4.88. The van der Waals surface area contributed by atoms with Crippen molar-refractivity contribution in [1.29, 1.82) is 0 Å². The van der Waals surface area contributed by atoms with Gasteiger partial charge in [-0.25, -0.2) is 13.2 Å². The highest BCUT2D eigenvalue weighted by Crippen LogP contribution is 2.27. The molecule has 0 heterocycles. The highest BCUT2D eigenvalue weighted by Gasteiger charge is 2.39. The topological polar surface area (TPSA) is 89.5 Å². The molecule has 0 bridgehead atoms. The molecule has 10 heteroatoms. The fourth-order valence-corrected chi connectivity index (χ4v) is 4.84. The quantitative estimate of drug-likeness (QED) is 0.425. The maximum Gasteiger partial charge on any atom is 0.471 e. The molecule has 0 spiro atoms. The zero-order valence-electron chi connectivity index (χ0n) is 19.5. The minimum Gasteiger partial charge on any atom is -0.462 e. The van der Waals surface area contributed by atoms with E-state index in [0.29, 0.717) is 22.3 Å². The molecule has 3 aromatic rings. The molecule has 6 nitrogen and oxygen atoms in total. The van der Waals surface area contributed by atoms with Gasteiger partial charge in [-0.1, -0.05) is 36.4 Å². The first-order chi connectivity index (χ1) is 16.9. The van der Waals surface area contributed by atoms with E-state index in [2.05, 4.69) is 0 Å². The lowest BCUT2D eigenvalue weighted by Crippen LogP contribution is -2.42. The molecule has 0 aliphatic rings. The van der Waals surface area contributed by atoms with E-state index in [0.717, 1.165) is 0 Å². The Balaban J connectivity index is 1.80. The number of benzene rings is 3. The number of halogens is 3. The summed E-state index contributed by atoms with van der Waals surface area (Å²) >= 11 is 0. The molecular formula is C26H24F3NO5S. The third-order valence-electron chi connectivity index (χ3n) is 5.26. The second kappa shape index (κ2) is 10.9. The van der Waals surface area contributed by atoms with E-state index in [1.165, 1.54) is 43.3 Å². The first-order valence-electron chi connectivity index (χ1n) is 11.0. The summed E-state index contributed by atoms with van der Waals surface area (Å²) < 4.78 is 68.7. The van der Waals surface area contributed by atoms with Gasteiger partial charge in [-0.15, -0.1) is 0 Å². The van der Waals surface area contributed by atoms with Gasteiger partial charge in [0.2, 0.25) is 9.84 Å².